The first-order valence-corrected chi connectivity index (χ1v) is 11.1. The molecule has 0 aliphatic carbocycles. The molecule has 9 heteroatoms. The van der Waals surface area contributed by atoms with E-state index in [9.17, 15) is 26.4 Å². The van der Waals surface area contributed by atoms with Gasteiger partial charge < -0.3 is 5.32 Å². The highest BCUT2D eigenvalue weighted by molar-refractivity contribution is 7.92. The summed E-state index contributed by atoms with van der Waals surface area (Å²) in [6.07, 6.45) is -4.67. The zero-order valence-corrected chi connectivity index (χ0v) is 18.2. The maximum Gasteiger partial charge on any atom is 0.418 e. The number of anilines is 2. The Kier molecular flexibility index (Phi) is 6.59. The van der Waals surface area contributed by atoms with Crippen molar-refractivity contribution < 1.29 is 26.4 Å². The molecule has 32 heavy (non-hydrogen) atoms. The van der Waals surface area contributed by atoms with Crippen molar-refractivity contribution in [2.75, 3.05) is 16.2 Å². The lowest BCUT2D eigenvalue weighted by Crippen LogP contribution is -2.38. The number of carbonyl (C=O) groups excluding carboxylic acids is 1. The molecule has 0 saturated carbocycles. The summed E-state index contributed by atoms with van der Waals surface area (Å²) in [4.78, 5) is 12.7. The number of alkyl halides is 3. The van der Waals surface area contributed by atoms with E-state index in [1.165, 1.54) is 30.3 Å². The van der Waals surface area contributed by atoms with Crippen LogP contribution in [0.4, 0.5) is 24.5 Å². The standard InChI is InChI=1S/C23H21F3N2O3S/c1-16-11-13-18(14-12-16)32(30,31)28(21-10-6-3-7-17(21)2)15-22(29)27-20-9-5-4-8-19(20)23(24,25)26/h3-14H,15H2,1-2H3,(H,27,29). The first-order valence-electron chi connectivity index (χ1n) is 9.61. The van der Waals surface area contributed by atoms with Crippen molar-refractivity contribution >= 4 is 27.3 Å². The van der Waals surface area contributed by atoms with Gasteiger partial charge in [-0.05, 0) is 49.7 Å². The highest BCUT2D eigenvalue weighted by Gasteiger charge is 2.34. The smallest absolute Gasteiger partial charge is 0.324 e. The molecular weight excluding hydrogens is 441 g/mol. The molecule has 0 heterocycles. The maximum atomic E-state index is 13.4. The minimum absolute atomic E-state index is 0.0326. The number of sulfonamides is 1. The molecule has 5 nitrogen and oxygen atoms in total. The highest BCUT2D eigenvalue weighted by atomic mass is 32.2. The first-order chi connectivity index (χ1) is 15.0. The van der Waals surface area contributed by atoms with Crippen molar-refractivity contribution in [2.45, 2.75) is 24.9 Å². The van der Waals surface area contributed by atoms with E-state index in [1.807, 2.05) is 0 Å². The molecule has 0 aliphatic heterocycles. The first kappa shape index (κ1) is 23.3. The fraction of sp³-hybridized carbons (Fsp3) is 0.174. The van der Waals surface area contributed by atoms with Crippen LogP contribution in [-0.2, 0) is 21.0 Å². The summed E-state index contributed by atoms with van der Waals surface area (Å²) in [5.41, 5.74) is 0.242. The number of nitrogens with one attached hydrogen (secondary N) is 1. The Morgan fingerprint density at radius 3 is 2.12 bits per heavy atom. The van der Waals surface area contributed by atoms with Gasteiger partial charge in [0.15, 0.2) is 0 Å². The van der Waals surface area contributed by atoms with Crippen molar-refractivity contribution in [1.29, 1.82) is 0 Å². The Labute approximate surface area is 184 Å². The van der Waals surface area contributed by atoms with Crippen LogP contribution in [0.1, 0.15) is 16.7 Å². The third-order valence-corrected chi connectivity index (χ3v) is 6.56. The maximum absolute atomic E-state index is 13.4. The number of benzene rings is 3. The molecule has 0 aliphatic rings. The van der Waals surface area contributed by atoms with Crippen LogP contribution in [0.5, 0.6) is 0 Å². The van der Waals surface area contributed by atoms with Gasteiger partial charge in [0, 0.05) is 0 Å². The highest BCUT2D eigenvalue weighted by Crippen LogP contribution is 2.34. The normalized spacial score (nSPS) is 11.8. The van der Waals surface area contributed by atoms with Crippen LogP contribution in [0.25, 0.3) is 0 Å². The van der Waals surface area contributed by atoms with E-state index in [2.05, 4.69) is 5.32 Å². The van der Waals surface area contributed by atoms with E-state index in [-0.39, 0.29) is 10.6 Å². The van der Waals surface area contributed by atoms with Gasteiger partial charge in [-0.2, -0.15) is 13.2 Å². The van der Waals surface area contributed by atoms with E-state index in [0.29, 0.717) is 5.56 Å². The molecule has 3 aromatic rings. The van der Waals surface area contributed by atoms with E-state index in [1.54, 1.807) is 44.2 Å². The number of hydrogen-bond acceptors (Lipinski definition) is 3. The number of para-hydroxylation sites is 2. The van der Waals surface area contributed by atoms with Gasteiger partial charge in [-0.1, -0.05) is 48.0 Å². The van der Waals surface area contributed by atoms with Crippen molar-refractivity contribution in [3.8, 4) is 0 Å². The summed E-state index contributed by atoms with van der Waals surface area (Å²) in [7, 11) is -4.17. The summed E-state index contributed by atoms with van der Waals surface area (Å²) >= 11 is 0. The fourth-order valence-corrected chi connectivity index (χ4v) is 4.63. The SMILES string of the molecule is Cc1ccc(S(=O)(=O)N(CC(=O)Nc2ccccc2C(F)(F)F)c2ccccc2C)cc1. The summed E-state index contributed by atoms with van der Waals surface area (Å²) in [5.74, 6) is -0.902. The Morgan fingerprint density at radius 1 is 0.906 bits per heavy atom. The second-order valence-electron chi connectivity index (χ2n) is 7.20. The molecule has 0 bridgehead atoms. The van der Waals surface area contributed by atoms with Gasteiger partial charge in [-0.15, -0.1) is 0 Å². The molecule has 1 N–H and O–H groups in total. The van der Waals surface area contributed by atoms with E-state index in [0.717, 1.165) is 22.0 Å². The minimum atomic E-state index is -4.67. The Bertz CT molecular complexity index is 1220. The van der Waals surface area contributed by atoms with Gasteiger partial charge in [0.05, 0.1) is 21.8 Å². The minimum Gasteiger partial charge on any atom is -0.324 e. The molecule has 168 valence electrons. The van der Waals surface area contributed by atoms with Gasteiger partial charge in [0.25, 0.3) is 10.0 Å². The Hall–Kier alpha value is -3.33. The third kappa shape index (κ3) is 5.11. The van der Waals surface area contributed by atoms with Crippen LogP contribution in [0, 0.1) is 13.8 Å². The lowest BCUT2D eigenvalue weighted by atomic mass is 10.1. The average Bonchev–Trinajstić information content (AvgIpc) is 2.72. The van der Waals surface area contributed by atoms with Crippen LogP contribution in [-0.4, -0.2) is 20.9 Å². The van der Waals surface area contributed by atoms with E-state index in [4.69, 9.17) is 0 Å². The molecule has 0 spiro atoms. The lowest BCUT2D eigenvalue weighted by Gasteiger charge is -2.26. The van der Waals surface area contributed by atoms with Gasteiger partial charge in [-0.3, -0.25) is 9.10 Å². The van der Waals surface area contributed by atoms with Crippen molar-refractivity contribution in [3.05, 3.63) is 89.5 Å². The quantitative estimate of drug-likeness (QED) is 0.551. The number of nitrogens with zero attached hydrogens (tertiary/aromatic N) is 1. The fourth-order valence-electron chi connectivity index (χ4n) is 3.14. The topological polar surface area (TPSA) is 66.5 Å². The van der Waals surface area contributed by atoms with Crippen molar-refractivity contribution in [1.82, 2.24) is 0 Å². The predicted molar refractivity (Wildman–Crippen MR) is 117 cm³/mol. The predicted octanol–water partition coefficient (Wildman–Crippen LogP) is 5.16. The Morgan fingerprint density at radius 2 is 1.50 bits per heavy atom. The van der Waals surface area contributed by atoms with Gasteiger partial charge >= 0.3 is 6.18 Å². The number of aryl methyl sites for hydroxylation is 2. The lowest BCUT2D eigenvalue weighted by molar-refractivity contribution is -0.137. The van der Waals surface area contributed by atoms with Crippen LogP contribution >= 0.6 is 0 Å². The summed E-state index contributed by atoms with van der Waals surface area (Å²) in [6, 6.07) is 17.2. The van der Waals surface area contributed by atoms with Crippen molar-refractivity contribution in [2.24, 2.45) is 0 Å². The molecule has 0 saturated heterocycles. The van der Waals surface area contributed by atoms with Crippen LogP contribution in [0.3, 0.4) is 0 Å². The van der Waals surface area contributed by atoms with Gasteiger partial charge in [-0.25, -0.2) is 8.42 Å². The monoisotopic (exact) mass is 462 g/mol. The molecule has 3 aromatic carbocycles. The third-order valence-electron chi connectivity index (χ3n) is 4.79. The van der Waals surface area contributed by atoms with Crippen LogP contribution in [0.2, 0.25) is 0 Å². The van der Waals surface area contributed by atoms with Crippen LogP contribution in [0.15, 0.2) is 77.7 Å². The van der Waals surface area contributed by atoms with E-state index >= 15 is 0 Å². The second-order valence-corrected chi connectivity index (χ2v) is 9.07. The van der Waals surface area contributed by atoms with Crippen molar-refractivity contribution in [3.63, 3.8) is 0 Å². The molecule has 0 unspecified atom stereocenters. The average molecular weight is 462 g/mol. The molecule has 0 fully saturated rings. The Balaban J connectivity index is 1.98. The molecule has 0 radical (unpaired) electrons. The summed E-state index contributed by atoms with van der Waals surface area (Å²) in [6.45, 7) is 2.79. The number of carbonyl (C=O) groups is 1. The molecular formula is C23H21F3N2O3S. The zero-order valence-electron chi connectivity index (χ0n) is 17.3. The number of hydrogen-bond donors (Lipinski definition) is 1. The number of rotatable bonds is 6. The number of amides is 1. The molecule has 0 atom stereocenters. The molecule has 0 aromatic heterocycles. The molecule has 1 amide bonds. The molecule has 3 rings (SSSR count). The number of halogens is 3. The zero-order chi connectivity index (χ0) is 23.5. The summed E-state index contributed by atoms with van der Waals surface area (Å²) < 4.78 is 67.4. The van der Waals surface area contributed by atoms with Gasteiger partial charge in [0.1, 0.15) is 6.54 Å². The second kappa shape index (κ2) is 9.04. The van der Waals surface area contributed by atoms with Crippen LogP contribution < -0.4 is 9.62 Å². The summed E-state index contributed by atoms with van der Waals surface area (Å²) in [5, 5.41) is 2.20. The largest absolute Gasteiger partial charge is 0.418 e. The van der Waals surface area contributed by atoms with Gasteiger partial charge in [0.2, 0.25) is 5.91 Å². The van der Waals surface area contributed by atoms with E-state index < -0.39 is 39.9 Å².